The second-order valence-corrected chi connectivity index (χ2v) is 5.17. The van der Waals surface area contributed by atoms with Crippen molar-refractivity contribution in [2.75, 3.05) is 6.61 Å². The molecule has 0 aromatic carbocycles. The van der Waals surface area contributed by atoms with Crippen LogP contribution in [0.3, 0.4) is 0 Å². The lowest BCUT2D eigenvalue weighted by Crippen LogP contribution is -2.37. The molecular formula is C12H17NO2. The first-order valence-corrected chi connectivity index (χ1v) is 5.20. The molecule has 0 amide bonds. The van der Waals surface area contributed by atoms with E-state index < -0.39 is 5.60 Å². The van der Waals surface area contributed by atoms with Gasteiger partial charge in [-0.2, -0.15) is 0 Å². The first-order valence-electron chi connectivity index (χ1n) is 5.20. The largest absolute Gasteiger partial charge is 0.360 e. The van der Waals surface area contributed by atoms with Crippen molar-refractivity contribution < 1.29 is 9.53 Å². The zero-order valence-corrected chi connectivity index (χ0v) is 9.70. The molecule has 0 radical (unpaired) electrons. The highest BCUT2D eigenvalue weighted by Gasteiger charge is 2.49. The quantitative estimate of drug-likeness (QED) is 0.615. The van der Waals surface area contributed by atoms with E-state index in [1.807, 2.05) is 18.5 Å². The second-order valence-electron chi connectivity index (χ2n) is 5.17. The van der Waals surface area contributed by atoms with E-state index in [2.05, 4.69) is 25.7 Å². The van der Waals surface area contributed by atoms with Crippen LogP contribution in [-0.4, -0.2) is 28.4 Å². The minimum atomic E-state index is -0.395. The molecule has 15 heavy (non-hydrogen) atoms. The third-order valence-electron chi connectivity index (χ3n) is 2.84. The molecule has 1 unspecified atom stereocenters. The molecule has 3 nitrogen and oxygen atoms in total. The van der Waals surface area contributed by atoms with Crippen LogP contribution in [0.2, 0.25) is 0 Å². The van der Waals surface area contributed by atoms with Crippen molar-refractivity contribution in [3.05, 3.63) is 24.0 Å². The van der Waals surface area contributed by atoms with Crippen molar-refractivity contribution in [3.63, 3.8) is 0 Å². The van der Waals surface area contributed by atoms with Crippen molar-refractivity contribution in [3.8, 4) is 0 Å². The van der Waals surface area contributed by atoms with Crippen molar-refractivity contribution in [2.24, 2.45) is 0 Å². The van der Waals surface area contributed by atoms with Crippen molar-refractivity contribution in [2.45, 2.75) is 38.8 Å². The molecule has 0 aliphatic carbocycles. The number of hydrogen-bond acceptors (Lipinski definition) is 3. The summed E-state index contributed by atoms with van der Waals surface area (Å²) in [5, 5.41) is 0. The average molecular weight is 207 g/mol. The maximum atomic E-state index is 11.5. The van der Waals surface area contributed by atoms with Crippen LogP contribution in [0.25, 0.3) is 0 Å². The van der Waals surface area contributed by atoms with Crippen LogP contribution < -0.4 is 0 Å². The molecule has 1 saturated heterocycles. The summed E-state index contributed by atoms with van der Waals surface area (Å²) in [5.41, 5.74) is 0.362. The Kier molecular flexibility index (Phi) is 2.05. The van der Waals surface area contributed by atoms with Gasteiger partial charge in [-0.3, -0.25) is 4.79 Å². The van der Waals surface area contributed by atoms with E-state index in [-0.39, 0.29) is 11.3 Å². The molecule has 0 saturated carbocycles. The third-order valence-corrected chi connectivity index (χ3v) is 2.84. The fraction of sp³-hybridized carbons (Fsp3) is 0.583. The zero-order valence-electron chi connectivity index (χ0n) is 9.70. The lowest BCUT2D eigenvalue weighted by atomic mass is 9.93. The summed E-state index contributed by atoms with van der Waals surface area (Å²) in [6.45, 7) is 8.55. The molecule has 0 aromatic rings. The van der Waals surface area contributed by atoms with Gasteiger partial charge in [0.15, 0.2) is 5.78 Å². The Morgan fingerprint density at radius 1 is 1.53 bits per heavy atom. The molecular weight excluding hydrogens is 190 g/mol. The Morgan fingerprint density at radius 2 is 2.13 bits per heavy atom. The number of carbonyl (C=O) groups excluding carboxylic acids is 1. The maximum absolute atomic E-state index is 11.5. The van der Waals surface area contributed by atoms with E-state index in [0.717, 1.165) is 5.57 Å². The lowest BCUT2D eigenvalue weighted by Gasteiger charge is -2.35. The highest BCUT2D eigenvalue weighted by Crippen LogP contribution is 2.40. The zero-order chi connectivity index (χ0) is 11.3. The van der Waals surface area contributed by atoms with Gasteiger partial charge in [-0.05, 0) is 33.8 Å². The molecule has 3 heteroatoms. The Morgan fingerprint density at radius 3 is 2.53 bits per heavy atom. The highest BCUT2D eigenvalue weighted by atomic mass is 16.6. The van der Waals surface area contributed by atoms with Crippen LogP contribution in [0.15, 0.2) is 24.0 Å². The van der Waals surface area contributed by atoms with Crippen LogP contribution in [0.1, 0.15) is 27.7 Å². The monoisotopic (exact) mass is 207 g/mol. The smallest absolute Gasteiger partial charge is 0.160 e. The number of hydrogen-bond donors (Lipinski definition) is 0. The molecule has 2 heterocycles. The second kappa shape index (κ2) is 2.95. The van der Waals surface area contributed by atoms with E-state index in [4.69, 9.17) is 4.74 Å². The minimum Gasteiger partial charge on any atom is -0.360 e. The van der Waals surface area contributed by atoms with Crippen molar-refractivity contribution in [1.29, 1.82) is 0 Å². The number of rotatable bonds is 1. The fourth-order valence-electron chi connectivity index (χ4n) is 1.72. The summed E-state index contributed by atoms with van der Waals surface area (Å²) in [5.74, 6) is 0.0890. The van der Waals surface area contributed by atoms with E-state index >= 15 is 0 Å². The van der Waals surface area contributed by atoms with Crippen LogP contribution in [0, 0.1) is 0 Å². The van der Waals surface area contributed by atoms with Gasteiger partial charge in [0, 0.05) is 23.5 Å². The summed E-state index contributed by atoms with van der Waals surface area (Å²) in [7, 11) is 0. The number of epoxide rings is 1. The summed E-state index contributed by atoms with van der Waals surface area (Å²) in [6, 6.07) is 0. The van der Waals surface area contributed by atoms with Gasteiger partial charge < -0.3 is 9.64 Å². The van der Waals surface area contributed by atoms with Gasteiger partial charge >= 0.3 is 0 Å². The number of nitrogens with zero attached hydrogens (tertiary/aromatic N) is 1. The minimum absolute atomic E-state index is 0.00625. The Bertz CT molecular complexity index is 356. The Labute approximate surface area is 90.4 Å². The molecule has 1 spiro atoms. The normalized spacial score (nSPS) is 29.3. The van der Waals surface area contributed by atoms with E-state index in [1.54, 1.807) is 6.92 Å². The molecule has 1 atom stereocenters. The van der Waals surface area contributed by atoms with E-state index in [9.17, 15) is 4.79 Å². The van der Waals surface area contributed by atoms with Crippen molar-refractivity contribution >= 4 is 5.78 Å². The third kappa shape index (κ3) is 1.72. The van der Waals surface area contributed by atoms with Crippen LogP contribution >= 0.6 is 0 Å². The first kappa shape index (κ1) is 10.4. The molecule has 1 fully saturated rings. The molecule has 0 aromatic heterocycles. The Hall–Kier alpha value is -1.09. The lowest BCUT2D eigenvalue weighted by molar-refractivity contribution is -0.114. The molecule has 82 valence electrons. The molecule has 2 aliphatic heterocycles. The summed E-state index contributed by atoms with van der Waals surface area (Å²) >= 11 is 0. The van der Waals surface area contributed by atoms with Gasteiger partial charge in [0.05, 0.1) is 6.61 Å². The molecule has 0 N–H and O–H groups in total. The van der Waals surface area contributed by atoms with Gasteiger partial charge in [0.1, 0.15) is 5.60 Å². The van der Waals surface area contributed by atoms with E-state index in [1.165, 1.54) is 0 Å². The summed E-state index contributed by atoms with van der Waals surface area (Å²) < 4.78 is 5.37. The summed E-state index contributed by atoms with van der Waals surface area (Å²) in [6.07, 6.45) is 5.89. The van der Waals surface area contributed by atoms with Gasteiger partial charge in [-0.15, -0.1) is 0 Å². The average Bonchev–Trinajstić information content (AvgIpc) is 2.83. The van der Waals surface area contributed by atoms with Gasteiger partial charge in [0.2, 0.25) is 0 Å². The number of carbonyl (C=O) groups is 1. The van der Waals surface area contributed by atoms with Gasteiger partial charge in [-0.1, -0.05) is 0 Å². The summed E-state index contributed by atoms with van der Waals surface area (Å²) in [4.78, 5) is 13.6. The highest BCUT2D eigenvalue weighted by molar-refractivity contribution is 5.96. The first-order chi connectivity index (χ1) is 6.85. The van der Waals surface area contributed by atoms with Crippen LogP contribution in [0.4, 0.5) is 0 Å². The van der Waals surface area contributed by atoms with Crippen molar-refractivity contribution in [1.82, 2.24) is 4.90 Å². The predicted molar refractivity (Wildman–Crippen MR) is 58.2 cm³/mol. The number of Topliss-reactive ketones (excluding diaryl/α,β-unsaturated/α-hetero) is 1. The van der Waals surface area contributed by atoms with Crippen LogP contribution in [-0.2, 0) is 9.53 Å². The van der Waals surface area contributed by atoms with Gasteiger partial charge in [-0.25, -0.2) is 0 Å². The molecule has 2 rings (SSSR count). The topological polar surface area (TPSA) is 32.8 Å². The fourth-order valence-corrected chi connectivity index (χ4v) is 1.72. The van der Waals surface area contributed by atoms with Crippen LogP contribution in [0.5, 0.6) is 0 Å². The Balaban J connectivity index is 2.32. The number of ketones is 1. The predicted octanol–water partition coefficient (Wildman–Crippen LogP) is 1.86. The number of ether oxygens (including phenoxy) is 1. The maximum Gasteiger partial charge on any atom is 0.160 e. The standard InChI is InChI=1S/C12H17NO2/c1-9(14)10-7-13(11(2,3)4)6-5-12(10)8-15-12/h5-7H,8H2,1-4H3. The van der Waals surface area contributed by atoms with E-state index in [0.29, 0.717) is 6.61 Å². The molecule has 0 bridgehead atoms. The molecule has 2 aliphatic rings. The SMILES string of the molecule is CC(=O)C1=CN(C(C)(C)C)C=CC12CO2. The van der Waals surface area contributed by atoms with Gasteiger partial charge in [0.25, 0.3) is 0 Å².